The van der Waals surface area contributed by atoms with Crippen LogP contribution in [0, 0.1) is 11.3 Å². The van der Waals surface area contributed by atoms with E-state index in [0.29, 0.717) is 42.7 Å². The van der Waals surface area contributed by atoms with Crippen LogP contribution in [0.15, 0.2) is 67.3 Å². The second-order valence-corrected chi connectivity index (χ2v) is 14.3. The number of aromatic nitrogens is 5. The third kappa shape index (κ3) is 7.86. The molecule has 244 valence electrons. The van der Waals surface area contributed by atoms with Gasteiger partial charge < -0.3 is 15.5 Å². The van der Waals surface area contributed by atoms with E-state index in [2.05, 4.69) is 31.8 Å². The maximum atomic E-state index is 13.7. The fourth-order valence-corrected chi connectivity index (χ4v) is 7.43. The van der Waals surface area contributed by atoms with Gasteiger partial charge in [0.05, 0.1) is 23.9 Å². The van der Waals surface area contributed by atoms with Crippen molar-refractivity contribution in [2.45, 2.75) is 50.7 Å². The lowest BCUT2D eigenvalue weighted by Gasteiger charge is -2.36. The van der Waals surface area contributed by atoms with E-state index in [9.17, 15) is 18.5 Å². The van der Waals surface area contributed by atoms with E-state index < -0.39 is 9.84 Å². The number of rotatable bonds is 8. The number of urea groups is 1. The number of aryl methyl sites for hydroxylation is 1. The Morgan fingerprint density at radius 1 is 1.00 bits per heavy atom. The Hall–Kier alpha value is -5.03. The summed E-state index contributed by atoms with van der Waals surface area (Å²) >= 11 is 0. The van der Waals surface area contributed by atoms with Crippen LogP contribution in [0.25, 0.3) is 11.1 Å². The topological polar surface area (TPSA) is 162 Å². The molecule has 14 heteroatoms. The van der Waals surface area contributed by atoms with Crippen LogP contribution >= 0.6 is 0 Å². The van der Waals surface area contributed by atoms with E-state index in [1.54, 1.807) is 22.0 Å². The monoisotopic (exact) mass is 654 g/mol. The molecular weight excluding hydrogens is 616 g/mol. The summed E-state index contributed by atoms with van der Waals surface area (Å²) in [6.45, 7) is 1.20. The number of sulfone groups is 1. The predicted molar refractivity (Wildman–Crippen MR) is 179 cm³/mol. The highest BCUT2D eigenvalue weighted by Crippen LogP contribution is 2.30. The van der Waals surface area contributed by atoms with Crippen LogP contribution in [0.2, 0.25) is 0 Å². The van der Waals surface area contributed by atoms with Gasteiger partial charge in [0, 0.05) is 62.3 Å². The first-order valence-corrected chi connectivity index (χ1v) is 17.7. The Morgan fingerprint density at radius 3 is 2.51 bits per heavy atom. The van der Waals surface area contributed by atoms with Crippen LogP contribution in [0.4, 0.5) is 22.4 Å². The Labute approximate surface area is 274 Å². The SMILES string of the molecule is Cn1cc(-c2ccc(N(C(=O)NCc3ccccc3)C3CCC(Nc4ncc(C#N)c(N5CCCS(=O)(=O)CC5)n4)CC3)nc2)cn1. The van der Waals surface area contributed by atoms with E-state index in [-0.39, 0.29) is 36.2 Å². The molecular formula is C33H38N10O3S. The third-order valence-electron chi connectivity index (χ3n) is 8.68. The van der Waals surface area contributed by atoms with Crippen molar-refractivity contribution in [3.05, 3.63) is 78.4 Å². The molecule has 4 aromatic rings. The van der Waals surface area contributed by atoms with Crippen molar-refractivity contribution in [1.82, 2.24) is 30.0 Å². The molecule has 13 nitrogen and oxygen atoms in total. The molecule has 1 aliphatic heterocycles. The number of carbonyl (C=O) groups is 1. The van der Waals surface area contributed by atoms with Gasteiger partial charge in [-0.1, -0.05) is 30.3 Å². The zero-order chi connectivity index (χ0) is 32.8. The lowest BCUT2D eigenvalue weighted by atomic mass is 9.90. The average Bonchev–Trinajstić information content (AvgIpc) is 3.44. The van der Waals surface area contributed by atoms with Crippen molar-refractivity contribution >= 4 is 33.5 Å². The van der Waals surface area contributed by atoms with Crippen molar-refractivity contribution in [1.29, 1.82) is 5.26 Å². The number of hydrogen-bond acceptors (Lipinski definition) is 10. The molecule has 1 aromatic carbocycles. The molecule has 1 saturated carbocycles. The summed E-state index contributed by atoms with van der Waals surface area (Å²) in [5.41, 5.74) is 3.20. The number of benzene rings is 1. The van der Waals surface area contributed by atoms with Gasteiger partial charge in [0.1, 0.15) is 17.5 Å². The van der Waals surface area contributed by atoms with Crippen molar-refractivity contribution in [2.75, 3.05) is 39.7 Å². The van der Waals surface area contributed by atoms with Gasteiger partial charge in [-0.2, -0.15) is 15.3 Å². The first kappa shape index (κ1) is 31.9. The molecule has 2 fully saturated rings. The number of pyridine rings is 1. The van der Waals surface area contributed by atoms with Gasteiger partial charge in [-0.25, -0.2) is 23.2 Å². The molecule has 0 radical (unpaired) electrons. The molecule has 0 unspecified atom stereocenters. The minimum atomic E-state index is -3.11. The molecule has 6 rings (SSSR count). The highest BCUT2D eigenvalue weighted by atomic mass is 32.2. The molecule has 0 atom stereocenters. The first-order chi connectivity index (χ1) is 22.8. The number of hydrogen-bond donors (Lipinski definition) is 2. The summed E-state index contributed by atoms with van der Waals surface area (Å²) in [4.78, 5) is 31.1. The van der Waals surface area contributed by atoms with Crippen LogP contribution in [0.3, 0.4) is 0 Å². The van der Waals surface area contributed by atoms with Crippen molar-refractivity contribution in [3.8, 4) is 17.2 Å². The molecule has 3 aromatic heterocycles. The lowest BCUT2D eigenvalue weighted by Crippen LogP contribution is -2.49. The van der Waals surface area contributed by atoms with Crippen LogP contribution in [-0.2, 0) is 23.4 Å². The van der Waals surface area contributed by atoms with Crippen LogP contribution in [0.5, 0.6) is 0 Å². The standard InChI is InChI=1S/C33H38N10O3S/c1-41-23-27(22-38-41)25-8-13-30(35-20-25)43(33(44)37-19-24-6-3-2-4-7-24)29-11-9-28(10-12-29)39-32-36-21-26(18-34)31(40-32)42-14-5-16-47(45,46)17-15-42/h2-4,6-8,13,20-23,28-29H,5,9-12,14-17,19H2,1H3,(H,37,44)(H,36,39,40). The van der Waals surface area contributed by atoms with E-state index in [1.165, 1.54) is 6.20 Å². The Kier molecular flexibility index (Phi) is 9.63. The molecule has 2 N–H and O–H groups in total. The summed E-state index contributed by atoms with van der Waals surface area (Å²) in [7, 11) is -1.24. The lowest BCUT2D eigenvalue weighted by molar-refractivity contribution is 0.240. The predicted octanol–water partition coefficient (Wildman–Crippen LogP) is 3.91. The second-order valence-electron chi connectivity index (χ2n) is 12.0. The molecule has 47 heavy (non-hydrogen) atoms. The van der Waals surface area contributed by atoms with Crippen molar-refractivity contribution < 1.29 is 13.2 Å². The van der Waals surface area contributed by atoms with E-state index in [4.69, 9.17) is 4.98 Å². The normalized spacial score (nSPS) is 19.3. The molecule has 4 heterocycles. The number of anilines is 3. The minimum Gasteiger partial charge on any atom is -0.354 e. The van der Waals surface area contributed by atoms with Crippen molar-refractivity contribution in [3.63, 3.8) is 0 Å². The van der Waals surface area contributed by atoms with Crippen LogP contribution in [-0.4, -0.2) is 75.9 Å². The quantitative estimate of drug-likeness (QED) is 0.285. The van der Waals surface area contributed by atoms with Gasteiger partial charge in [0.2, 0.25) is 5.95 Å². The zero-order valence-corrected chi connectivity index (χ0v) is 27.1. The molecule has 2 aliphatic rings. The molecule has 2 amide bonds. The highest BCUT2D eigenvalue weighted by molar-refractivity contribution is 7.91. The maximum absolute atomic E-state index is 13.7. The highest BCUT2D eigenvalue weighted by Gasteiger charge is 2.31. The van der Waals surface area contributed by atoms with E-state index in [0.717, 1.165) is 42.4 Å². The number of amides is 2. The third-order valence-corrected chi connectivity index (χ3v) is 10.4. The summed E-state index contributed by atoms with van der Waals surface area (Å²) in [5, 5.41) is 20.4. The molecule has 1 saturated heterocycles. The second kappa shape index (κ2) is 14.2. The van der Waals surface area contributed by atoms with E-state index in [1.807, 2.05) is 60.6 Å². The fourth-order valence-electron chi connectivity index (χ4n) is 6.16. The smallest absolute Gasteiger partial charge is 0.323 e. The Morgan fingerprint density at radius 2 is 1.81 bits per heavy atom. The molecule has 0 bridgehead atoms. The van der Waals surface area contributed by atoms with Crippen LogP contribution < -0.4 is 20.4 Å². The van der Waals surface area contributed by atoms with Gasteiger partial charge in [-0.3, -0.25) is 9.58 Å². The largest absolute Gasteiger partial charge is 0.354 e. The summed E-state index contributed by atoms with van der Waals surface area (Å²) in [5.74, 6) is 1.61. The van der Waals surface area contributed by atoms with Gasteiger partial charge in [0.15, 0.2) is 15.7 Å². The Bertz CT molecular complexity index is 1830. The average molecular weight is 655 g/mol. The van der Waals surface area contributed by atoms with E-state index >= 15 is 0 Å². The van der Waals surface area contributed by atoms with Crippen LogP contribution in [0.1, 0.15) is 43.2 Å². The maximum Gasteiger partial charge on any atom is 0.323 e. The minimum absolute atomic E-state index is 0.0329. The van der Waals surface area contributed by atoms with Gasteiger partial charge in [-0.05, 0) is 49.8 Å². The number of carbonyl (C=O) groups excluding carboxylic acids is 1. The van der Waals surface area contributed by atoms with Crippen molar-refractivity contribution in [2.24, 2.45) is 7.05 Å². The number of nitrogens with one attached hydrogen (secondary N) is 2. The van der Waals surface area contributed by atoms with Gasteiger partial charge >= 0.3 is 6.03 Å². The van der Waals surface area contributed by atoms with Gasteiger partial charge in [-0.15, -0.1) is 0 Å². The molecule has 0 spiro atoms. The fraction of sp³-hybridized carbons (Fsp3) is 0.394. The molecule has 1 aliphatic carbocycles. The summed E-state index contributed by atoms with van der Waals surface area (Å²) in [6, 6.07) is 15.6. The first-order valence-electron chi connectivity index (χ1n) is 15.8. The van der Waals surface area contributed by atoms with Gasteiger partial charge in [0.25, 0.3) is 0 Å². The Balaban J connectivity index is 1.15. The number of nitriles is 1. The summed E-state index contributed by atoms with van der Waals surface area (Å²) < 4.78 is 26.0. The number of nitrogens with zero attached hydrogens (tertiary/aromatic N) is 8. The summed E-state index contributed by atoms with van der Waals surface area (Å²) in [6.07, 6.45) is 10.5. The zero-order valence-electron chi connectivity index (χ0n) is 26.3.